The molecule has 1 rings (SSSR count). The lowest BCUT2D eigenvalue weighted by Crippen LogP contribution is -2.25. The number of sulfonamides is 1. The normalized spacial score (nSPS) is 11.4. The fourth-order valence-corrected chi connectivity index (χ4v) is 4.03. The van der Waals surface area contributed by atoms with Crippen LogP contribution in [0.3, 0.4) is 0 Å². The number of carboxylic acid groups (broad SMARTS) is 1. The Morgan fingerprint density at radius 3 is 2.56 bits per heavy atom. The van der Waals surface area contributed by atoms with Crippen molar-refractivity contribution in [2.24, 2.45) is 0 Å². The average Bonchev–Trinajstić information content (AvgIpc) is 2.23. The standard InChI is InChI=1S/C10H11Br2NO4S/c11-7-3-4-9(8(12)6-7)18(16,17)13-5-1-2-10(14)15/h3-4,6,13H,1-2,5H2,(H,14,15). The molecule has 0 aromatic heterocycles. The highest BCUT2D eigenvalue weighted by molar-refractivity contribution is 9.11. The van der Waals surface area contributed by atoms with E-state index in [1.165, 1.54) is 6.07 Å². The monoisotopic (exact) mass is 399 g/mol. The molecular weight excluding hydrogens is 390 g/mol. The van der Waals surface area contributed by atoms with Gasteiger partial charge in [0, 0.05) is 21.9 Å². The summed E-state index contributed by atoms with van der Waals surface area (Å²) in [5.74, 6) is -0.945. The zero-order valence-corrected chi connectivity index (χ0v) is 13.2. The Balaban J connectivity index is 2.71. The molecular formula is C10H11Br2NO4S. The molecule has 0 bridgehead atoms. The van der Waals surface area contributed by atoms with E-state index < -0.39 is 16.0 Å². The quantitative estimate of drug-likeness (QED) is 0.718. The number of aliphatic carboxylic acids is 1. The van der Waals surface area contributed by atoms with Crippen LogP contribution >= 0.6 is 31.9 Å². The van der Waals surface area contributed by atoms with Crippen LogP contribution in [0.2, 0.25) is 0 Å². The number of halogens is 2. The SMILES string of the molecule is O=C(O)CCCNS(=O)(=O)c1ccc(Br)cc1Br. The third-order valence-corrected chi connectivity index (χ3v) is 4.97. The maximum absolute atomic E-state index is 11.9. The fraction of sp³-hybridized carbons (Fsp3) is 0.300. The Kier molecular flexibility index (Phi) is 5.77. The van der Waals surface area contributed by atoms with Crippen molar-refractivity contribution in [2.75, 3.05) is 6.54 Å². The number of carbonyl (C=O) groups is 1. The van der Waals surface area contributed by atoms with Crippen molar-refractivity contribution in [1.82, 2.24) is 4.72 Å². The number of benzene rings is 1. The fourth-order valence-electron chi connectivity index (χ4n) is 1.22. The first-order valence-corrected chi connectivity index (χ1v) is 8.06. The van der Waals surface area contributed by atoms with Gasteiger partial charge in [-0.15, -0.1) is 0 Å². The van der Waals surface area contributed by atoms with Crippen LogP contribution in [0.15, 0.2) is 32.0 Å². The Hall–Kier alpha value is -0.440. The van der Waals surface area contributed by atoms with Gasteiger partial charge in [-0.2, -0.15) is 0 Å². The molecule has 0 aliphatic rings. The van der Waals surface area contributed by atoms with Gasteiger partial charge in [0.05, 0.1) is 4.90 Å². The first-order chi connectivity index (χ1) is 8.33. The van der Waals surface area contributed by atoms with Crippen molar-refractivity contribution < 1.29 is 18.3 Å². The van der Waals surface area contributed by atoms with Crippen molar-refractivity contribution in [3.63, 3.8) is 0 Å². The summed E-state index contributed by atoms with van der Waals surface area (Å²) < 4.78 is 27.4. The van der Waals surface area contributed by atoms with Gasteiger partial charge in [0.25, 0.3) is 0 Å². The van der Waals surface area contributed by atoms with Gasteiger partial charge < -0.3 is 5.11 Å². The van der Waals surface area contributed by atoms with E-state index in [0.717, 1.165) is 4.47 Å². The molecule has 0 unspecified atom stereocenters. The predicted molar refractivity (Wildman–Crippen MR) is 73.9 cm³/mol. The second-order valence-corrected chi connectivity index (χ2v) is 6.98. The molecule has 5 nitrogen and oxygen atoms in total. The van der Waals surface area contributed by atoms with Crippen LogP contribution < -0.4 is 4.72 Å². The van der Waals surface area contributed by atoms with Crippen LogP contribution in [0.25, 0.3) is 0 Å². The zero-order chi connectivity index (χ0) is 13.8. The lowest BCUT2D eigenvalue weighted by Gasteiger charge is -2.08. The van der Waals surface area contributed by atoms with Crippen LogP contribution in [-0.2, 0) is 14.8 Å². The van der Waals surface area contributed by atoms with E-state index in [0.29, 0.717) is 4.47 Å². The van der Waals surface area contributed by atoms with Gasteiger partial charge in [0.15, 0.2) is 0 Å². The summed E-state index contributed by atoms with van der Waals surface area (Å²) in [6.45, 7) is 0.0944. The molecule has 0 aliphatic carbocycles. The largest absolute Gasteiger partial charge is 0.481 e. The zero-order valence-electron chi connectivity index (χ0n) is 9.19. The Bertz CT molecular complexity index is 545. The average molecular weight is 401 g/mol. The summed E-state index contributed by atoms with van der Waals surface area (Å²) in [6.07, 6.45) is 0.187. The molecule has 0 atom stereocenters. The Morgan fingerprint density at radius 2 is 2.00 bits per heavy atom. The molecule has 8 heteroatoms. The number of nitrogens with one attached hydrogen (secondary N) is 1. The van der Waals surface area contributed by atoms with E-state index in [2.05, 4.69) is 36.6 Å². The van der Waals surface area contributed by atoms with Crippen molar-refractivity contribution >= 4 is 47.9 Å². The molecule has 0 saturated carbocycles. The van der Waals surface area contributed by atoms with Crippen LogP contribution in [0.1, 0.15) is 12.8 Å². The minimum atomic E-state index is -3.62. The minimum Gasteiger partial charge on any atom is -0.481 e. The summed E-state index contributed by atoms with van der Waals surface area (Å²) in [4.78, 5) is 10.4. The van der Waals surface area contributed by atoms with Crippen LogP contribution in [0.4, 0.5) is 0 Å². The summed E-state index contributed by atoms with van der Waals surface area (Å²) in [5, 5.41) is 8.44. The lowest BCUT2D eigenvalue weighted by molar-refractivity contribution is -0.137. The van der Waals surface area contributed by atoms with E-state index in [9.17, 15) is 13.2 Å². The van der Waals surface area contributed by atoms with E-state index in [-0.39, 0.29) is 24.3 Å². The van der Waals surface area contributed by atoms with Crippen molar-refractivity contribution in [2.45, 2.75) is 17.7 Å². The lowest BCUT2D eigenvalue weighted by atomic mass is 10.3. The molecule has 1 aromatic carbocycles. The molecule has 0 spiro atoms. The topological polar surface area (TPSA) is 83.5 Å². The van der Waals surface area contributed by atoms with E-state index in [1.807, 2.05) is 0 Å². The molecule has 100 valence electrons. The van der Waals surface area contributed by atoms with Gasteiger partial charge in [0.1, 0.15) is 0 Å². The third kappa shape index (κ3) is 4.68. The van der Waals surface area contributed by atoms with Crippen molar-refractivity contribution in [1.29, 1.82) is 0 Å². The molecule has 0 saturated heterocycles. The first-order valence-electron chi connectivity index (χ1n) is 4.99. The number of hydrogen-bond donors (Lipinski definition) is 2. The maximum atomic E-state index is 11.9. The Labute approximate surface area is 122 Å². The molecule has 0 heterocycles. The third-order valence-electron chi connectivity index (χ3n) is 2.04. The second-order valence-electron chi connectivity index (χ2n) is 3.47. The summed E-state index contributed by atoms with van der Waals surface area (Å²) in [5.41, 5.74) is 0. The highest BCUT2D eigenvalue weighted by Gasteiger charge is 2.17. The Morgan fingerprint density at radius 1 is 1.33 bits per heavy atom. The van der Waals surface area contributed by atoms with Crippen LogP contribution in [0.5, 0.6) is 0 Å². The number of hydrogen-bond acceptors (Lipinski definition) is 3. The van der Waals surface area contributed by atoms with Gasteiger partial charge in [-0.05, 0) is 40.5 Å². The molecule has 0 aliphatic heterocycles. The number of rotatable bonds is 6. The van der Waals surface area contributed by atoms with Crippen LogP contribution in [0, 0.1) is 0 Å². The van der Waals surface area contributed by atoms with Gasteiger partial charge in [-0.25, -0.2) is 13.1 Å². The van der Waals surface area contributed by atoms with Crippen molar-refractivity contribution in [3.05, 3.63) is 27.1 Å². The first kappa shape index (κ1) is 15.6. The van der Waals surface area contributed by atoms with Crippen LogP contribution in [-0.4, -0.2) is 26.0 Å². The minimum absolute atomic E-state index is 0.0654. The smallest absolute Gasteiger partial charge is 0.303 e. The molecule has 2 N–H and O–H groups in total. The highest BCUT2D eigenvalue weighted by atomic mass is 79.9. The molecule has 18 heavy (non-hydrogen) atoms. The molecule has 0 fully saturated rings. The number of carboxylic acids is 1. The van der Waals surface area contributed by atoms with Gasteiger partial charge in [0.2, 0.25) is 10.0 Å². The summed E-state index contributed by atoms with van der Waals surface area (Å²) in [7, 11) is -3.62. The van der Waals surface area contributed by atoms with E-state index in [1.54, 1.807) is 12.1 Å². The maximum Gasteiger partial charge on any atom is 0.303 e. The van der Waals surface area contributed by atoms with Crippen molar-refractivity contribution in [3.8, 4) is 0 Å². The van der Waals surface area contributed by atoms with Gasteiger partial charge in [-0.3, -0.25) is 4.79 Å². The summed E-state index contributed by atoms with van der Waals surface area (Å²) in [6, 6.07) is 4.72. The van der Waals surface area contributed by atoms with Gasteiger partial charge >= 0.3 is 5.97 Å². The van der Waals surface area contributed by atoms with E-state index in [4.69, 9.17) is 5.11 Å². The molecule has 0 radical (unpaired) electrons. The molecule has 0 amide bonds. The summed E-state index contributed by atoms with van der Waals surface area (Å²) >= 11 is 6.40. The predicted octanol–water partition coefficient (Wildman–Crippen LogP) is 2.35. The van der Waals surface area contributed by atoms with E-state index >= 15 is 0 Å². The van der Waals surface area contributed by atoms with Gasteiger partial charge in [-0.1, -0.05) is 15.9 Å². The molecule has 1 aromatic rings. The second kappa shape index (κ2) is 6.65. The highest BCUT2D eigenvalue weighted by Crippen LogP contribution is 2.25.